The first kappa shape index (κ1) is 20.7. The Morgan fingerprint density at radius 1 is 1.20 bits per heavy atom. The number of pyridine rings is 1. The molecule has 2 aliphatic rings. The van der Waals surface area contributed by atoms with Crippen LogP contribution >= 0.6 is 0 Å². The van der Waals surface area contributed by atoms with Gasteiger partial charge in [-0.15, -0.1) is 0 Å². The summed E-state index contributed by atoms with van der Waals surface area (Å²) < 4.78 is 52.6. The van der Waals surface area contributed by atoms with Crippen molar-refractivity contribution in [2.45, 2.75) is 23.5 Å². The van der Waals surface area contributed by atoms with Gasteiger partial charge < -0.3 is 14.4 Å². The molecule has 2 aromatic rings. The third-order valence-corrected chi connectivity index (χ3v) is 7.04. The van der Waals surface area contributed by atoms with Crippen molar-refractivity contribution in [1.82, 2.24) is 14.2 Å². The average molecular weight is 435 g/mol. The minimum Gasteiger partial charge on any atom is -0.487 e. The number of ether oxygens (including phenoxy) is 2. The molecule has 8 nitrogen and oxygen atoms in total. The lowest BCUT2D eigenvalue weighted by Gasteiger charge is -2.31. The van der Waals surface area contributed by atoms with E-state index in [1.807, 2.05) is 0 Å². The SMILES string of the molecule is O=C([C@@H]1C[C@H](Oc2cccnc2)CN1S(=O)(=O)c1cccc(F)c1)N1CCOCC1. The summed E-state index contributed by atoms with van der Waals surface area (Å²) in [6, 6.07) is 7.29. The lowest BCUT2D eigenvalue weighted by atomic mass is 10.1. The molecule has 0 unspecified atom stereocenters. The van der Waals surface area contributed by atoms with Crippen molar-refractivity contribution < 1.29 is 27.1 Å². The molecule has 0 saturated carbocycles. The number of carbonyl (C=O) groups is 1. The van der Waals surface area contributed by atoms with E-state index in [1.165, 1.54) is 24.4 Å². The van der Waals surface area contributed by atoms with Gasteiger partial charge in [0.05, 0.1) is 30.9 Å². The third-order valence-electron chi connectivity index (χ3n) is 5.16. The van der Waals surface area contributed by atoms with Crippen LogP contribution in [0.1, 0.15) is 6.42 Å². The van der Waals surface area contributed by atoms with Crippen molar-refractivity contribution >= 4 is 15.9 Å². The zero-order chi connectivity index (χ0) is 21.1. The van der Waals surface area contributed by atoms with Crippen LogP contribution in [0, 0.1) is 5.82 Å². The van der Waals surface area contributed by atoms with Gasteiger partial charge in [-0.1, -0.05) is 6.07 Å². The van der Waals surface area contributed by atoms with Crippen LogP contribution in [0.3, 0.4) is 0 Å². The van der Waals surface area contributed by atoms with Crippen molar-refractivity contribution in [2.75, 3.05) is 32.8 Å². The molecule has 0 radical (unpaired) electrons. The molecule has 0 bridgehead atoms. The summed E-state index contributed by atoms with van der Waals surface area (Å²) in [5.74, 6) is -0.463. The quantitative estimate of drug-likeness (QED) is 0.703. The summed E-state index contributed by atoms with van der Waals surface area (Å²) in [6.07, 6.45) is 2.79. The number of hydrogen-bond donors (Lipinski definition) is 0. The Morgan fingerprint density at radius 2 is 2.00 bits per heavy atom. The van der Waals surface area contributed by atoms with Gasteiger partial charge in [0.2, 0.25) is 15.9 Å². The van der Waals surface area contributed by atoms with E-state index in [0.717, 1.165) is 10.4 Å². The van der Waals surface area contributed by atoms with E-state index < -0.39 is 28.0 Å². The first-order valence-electron chi connectivity index (χ1n) is 9.66. The molecule has 4 rings (SSSR count). The number of rotatable bonds is 5. The Labute approximate surface area is 174 Å². The Morgan fingerprint density at radius 3 is 2.70 bits per heavy atom. The molecule has 10 heteroatoms. The fraction of sp³-hybridized carbons (Fsp3) is 0.400. The van der Waals surface area contributed by atoms with E-state index in [1.54, 1.807) is 23.2 Å². The Bertz CT molecular complexity index is 999. The van der Waals surface area contributed by atoms with Crippen LogP contribution in [0.15, 0.2) is 53.7 Å². The summed E-state index contributed by atoms with van der Waals surface area (Å²) in [7, 11) is -4.10. The summed E-state index contributed by atoms with van der Waals surface area (Å²) in [4.78, 5) is 18.6. The zero-order valence-corrected chi connectivity index (χ0v) is 17.0. The van der Waals surface area contributed by atoms with Crippen molar-refractivity contribution in [3.8, 4) is 5.75 Å². The van der Waals surface area contributed by atoms with Crippen LogP contribution in [-0.4, -0.2) is 73.5 Å². The molecule has 0 aliphatic carbocycles. The smallest absolute Gasteiger partial charge is 0.244 e. The van der Waals surface area contributed by atoms with Crippen LogP contribution in [0.4, 0.5) is 4.39 Å². The normalized spacial score (nSPS) is 22.8. The maximum atomic E-state index is 13.7. The number of amides is 1. The number of halogens is 1. The monoisotopic (exact) mass is 435 g/mol. The maximum absolute atomic E-state index is 13.7. The Kier molecular flexibility index (Phi) is 5.98. The first-order valence-corrected chi connectivity index (χ1v) is 11.1. The first-order chi connectivity index (χ1) is 14.4. The number of sulfonamides is 1. The highest BCUT2D eigenvalue weighted by molar-refractivity contribution is 7.89. The van der Waals surface area contributed by atoms with Crippen molar-refractivity contribution in [3.05, 3.63) is 54.6 Å². The van der Waals surface area contributed by atoms with Gasteiger partial charge in [-0.2, -0.15) is 4.31 Å². The minimum atomic E-state index is -4.10. The predicted octanol–water partition coefficient (Wildman–Crippen LogP) is 1.29. The number of nitrogens with zero attached hydrogens (tertiary/aromatic N) is 3. The van der Waals surface area contributed by atoms with Gasteiger partial charge in [-0.05, 0) is 30.3 Å². The van der Waals surface area contributed by atoms with Crippen LogP contribution in [0.5, 0.6) is 5.75 Å². The van der Waals surface area contributed by atoms with Gasteiger partial charge in [-0.25, -0.2) is 12.8 Å². The summed E-state index contributed by atoms with van der Waals surface area (Å²) in [6.45, 7) is 1.60. The summed E-state index contributed by atoms with van der Waals surface area (Å²) in [5, 5.41) is 0. The second-order valence-corrected chi connectivity index (χ2v) is 9.04. The highest BCUT2D eigenvalue weighted by atomic mass is 32.2. The van der Waals surface area contributed by atoms with Gasteiger partial charge in [0.1, 0.15) is 23.7 Å². The molecule has 0 spiro atoms. The Balaban J connectivity index is 1.62. The predicted molar refractivity (Wildman–Crippen MR) is 105 cm³/mol. The van der Waals surface area contributed by atoms with E-state index in [-0.39, 0.29) is 23.8 Å². The standard InChI is InChI=1S/C20H22FN3O5S/c21-15-3-1-5-18(11-15)30(26,27)24-14-17(29-16-4-2-6-22-13-16)12-19(24)20(25)23-7-9-28-10-8-23/h1-6,11,13,17,19H,7-10,12,14H2/t17-,19-/m0/s1. The second kappa shape index (κ2) is 8.66. The highest BCUT2D eigenvalue weighted by Gasteiger charge is 2.46. The number of morpholine rings is 1. The van der Waals surface area contributed by atoms with Crippen molar-refractivity contribution in [1.29, 1.82) is 0 Å². The fourth-order valence-corrected chi connectivity index (χ4v) is 5.37. The van der Waals surface area contributed by atoms with Crippen LogP contribution in [0.2, 0.25) is 0 Å². The molecule has 30 heavy (non-hydrogen) atoms. The molecule has 1 aromatic heterocycles. The van der Waals surface area contributed by atoms with E-state index >= 15 is 0 Å². The second-order valence-electron chi connectivity index (χ2n) is 7.15. The molecular weight excluding hydrogens is 413 g/mol. The molecule has 2 saturated heterocycles. The fourth-order valence-electron chi connectivity index (χ4n) is 3.71. The van der Waals surface area contributed by atoms with Crippen molar-refractivity contribution in [2.24, 2.45) is 0 Å². The van der Waals surface area contributed by atoms with Crippen LogP contribution in [0.25, 0.3) is 0 Å². The molecule has 2 fully saturated rings. The van der Waals surface area contributed by atoms with E-state index in [2.05, 4.69) is 4.98 Å². The van der Waals surface area contributed by atoms with Gasteiger partial charge in [0, 0.05) is 25.7 Å². The lowest BCUT2D eigenvalue weighted by molar-refractivity contribution is -0.138. The molecule has 1 amide bonds. The molecule has 3 heterocycles. The lowest BCUT2D eigenvalue weighted by Crippen LogP contribution is -2.50. The summed E-state index contributed by atoms with van der Waals surface area (Å²) in [5.41, 5.74) is 0. The van der Waals surface area contributed by atoms with Gasteiger partial charge in [-0.3, -0.25) is 9.78 Å². The molecule has 160 valence electrons. The van der Waals surface area contributed by atoms with Crippen molar-refractivity contribution in [3.63, 3.8) is 0 Å². The number of hydrogen-bond acceptors (Lipinski definition) is 6. The van der Waals surface area contributed by atoms with E-state index in [4.69, 9.17) is 9.47 Å². The van der Waals surface area contributed by atoms with Crippen LogP contribution in [-0.2, 0) is 19.6 Å². The van der Waals surface area contributed by atoms with Crippen LogP contribution < -0.4 is 4.74 Å². The third kappa shape index (κ3) is 4.30. The molecule has 2 atom stereocenters. The van der Waals surface area contributed by atoms with Gasteiger partial charge in [0.25, 0.3) is 0 Å². The molecular formula is C20H22FN3O5S. The minimum absolute atomic E-state index is 0.0194. The number of benzene rings is 1. The highest BCUT2D eigenvalue weighted by Crippen LogP contribution is 2.30. The van der Waals surface area contributed by atoms with Gasteiger partial charge >= 0.3 is 0 Å². The zero-order valence-electron chi connectivity index (χ0n) is 16.2. The topological polar surface area (TPSA) is 89.0 Å². The molecule has 0 N–H and O–H groups in total. The van der Waals surface area contributed by atoms with E-state index in [0.29, 0.717) is 32.1 Å². The average Bonchev–Trinajstić information content (AvgIpc) is 3.19. The largest absolute Gasteiger partial charge is 0.487 e. The van der Waals surface area contributed by atoms with E-state index in [9.17, 15) is 17.6 Å². The number of aromatic nitrogens is 1. The molecule has 2 aliphatic heterocycles. The maximum Gasteiger partial charge on any atom is 0.244 e. The Hall–Kier alpha value is -2.56. The van der Waals surface area contributed by atoms with Gasteiger partial charge in [0.15, 0.2) is 0 Å². The number of carbonyl (C=O) groups excluding carboxylic acids is 1. The summed E-state index contributed by atoms with van der Waals surface area (Å²) >= 11 is 0. The molecule has 1 aromatic carbocycles.